The Hall–Kier alpha value is -1.62. The van der Waals surface area contributed by atoms with Crippen LogP contribution in [-0.2, 0) is 19.1 Å². The van der Waals surface area contributed by atoms with Gasteiger partial charge in [-0.1, -0.05) is 39.8 Å². The maximum Gasteiger partial charge on any atom is 0.309 e. The van der Waals surface area contributed by atoms with Gasteiger partial charge in [0.15, 0.2) is 0 Å². The molecule has 0 amide bonds. The van der Waals surface area contributed by atoms with Gasteiger partial charge in [0, 0.05) is 12.8 Å². The highest BCUT2D eigenvalue weighted by Crippen LogP contribution is 2.66. The number of esters is 2. The molecular formula is C31H48O5. The van der Waals surface area contributed by atoms with Crippen LogP contribution in [0.4, 0.5) is 0 Å². The van der Waals surface area contributed by atoms with Gasteiger partial charge in [0.25, 0.3) is 0 Å². The maximum absolute atomic E-state index is 13.5. The molecule has 3 fully saturated rings. The Balaban J connectivity index is 1.54. The monoisotopic (exact) mass is 500 g/mol. The van der Waals surface area contributed by atoms with E-state index in [9.17, 15) is 14.7 Å². The van der Waals surface area contributed by atoms with Gasteiger partial charge in [-0.2, -0.15) is 0 Å². The van der Waals surface area contributed by atoms with E-state index in [-0.39, 0.29) is 40.9 Å². The molecule has 0 aromatic heterocycles. The molecule has 1 saturated heterocycles. The van der Waals surface area contributed by atoms with Crippen molar-refractivity contribution < 1.29 is 24.2 Å². The smallest absolute Gasteiger partial charge is 0.309 e. The fourth-order valence-corrected chi connectivity index (χ4v) is 8.32. The second-order valence-corrected chi connectivity index (χ2v) is 13.7. The maximum atomic E-state index is 13.5. The summed E-state index contributed by atoms with van der Waals surface area (Å²) in [6, 6.07) is 0. The molecule has 5 nitrogen and oxygen atoms in total. The van der Waals surface area contributed by atoms with E-state index < -0.39 is 0 Å². The Morgan fingerprint density at radius 1 is 1.17 bits per heavy atom. The molecule has 1 N–H and O–H groups in total. The van der Waals surface area contributed by atoms with Crippen molar-refractivity contribution in [3.63, 3.8) is 0 Å². The molecular weight excluding hydrogens is 452 g/mol. The van der Waals surface area contributed by atoms with Crippen LogP contribution in [0.15, 0.2) is 23.3 Å². The molecule has 3 aliphatic carbocycles. The molecule has 0 aromatic carbocycles. The number of rotatable bonds is 6. The van der Waals surface area contributed by atoms with Gasteiger partial charge in [-0.15, -0.1) is 0 Å². The molecule has 5 heteroatoms. The van der Waals surface area contributed by atoms with E-state index in [1.54, 1.807) is 0 Å². The molecule has 0 spiro atoms. The van der Waals surface area contributed by atoms with Gasteiger partial charge in [-0.05, 0) is 104 Å². The molecule has 2 saturated carbocycles. The Morgan fingerprint density at radius 2 is 1.92 bits per heavy atom. The largest absolute Gasteiger partial charge is 0.461 e. The van der Waals surface area contributed by atoms with Gasteiger partial charge in [0.1, 0.15) is 12.2 Å². The molecule has 4 rings (SSSR count). The van der Waals surface area contributed by atoms with E-state index in [2.05, 4.69) is 46.8 Å². The highest BCUT2D eigenvalue weighted by atomic mass is 16.6. The van der Waals surface area contributed by atoms with Crippen molar-refractivity contribution in [3.8, 4) is 0 Å². The molecule has 6 atom stereocenters. The molecule has 0 aromatic rings. The summed E-state index contributed by atoms with van der Waals surface area (Å²) in [7, 11) is 0. The second kappa shape index (κ2) is 10.3. The minimum atomic E-state index is -0.285. The predicted octanol–water partition coefficient (Wildman–Crippen LogP) is 6.40. The highest BCUT2D eigenvalue weighted by Gasteiger charge is 2.65. The van der Waals surface area contributed by atoms with E-state index in [1.807, 2.05) is 0 Å². The second-order valence-electron chi connectivity index (χ2n) is 13.7. The summed E-state index contributed by atoms with van der Waals surface area (Å²) in [5.74, 6) is 1.60. The van der Waals surface area contributed by atoms with Crippen LogP contribution in [0.2, 0.25) is 0 Å². The number of allylic oxidation sites excluding steroid dienone is 2. The molecule has 36 heavy (non-hydrogen) atoms. The lowest BCUT2D eigenvalue weighted by atomic mass is 9.64. The van der Waals surface area contributed by atoms with Crippen molar-refractivity contribution in [2.45, 2.75) is 105 Å². The van der Waals surface area contributed by atoms with E-state index >= 15 is 0 Å². The van der Waals surface area contributed by atoms with E-state index in [0.717, 1.165) is 62.5 Å². The predicted molar refractivity (Wildman–Crippen MR) is 141 cm³/mol. The molecule has 202 valence electrons. The standard InChI is InChI=1S/C31H48O5/c1-20(33)35-19-22-9-7-8-21(18-32)10-12-23(13-11-22)29(2,3)17-25-24-16-30(4,5)26-14-15-31(6,27(24)26)36-28(25)34/h9-10,23-27,32H,7-8,11-19H2,1-6H3/b21-10+,22-9+. The first-order valence-electron chi connectivity index (χ1n) is 14.2. The van der Waals surface area contributed by atoms with Crippen molar-refractivity contribution in [1.29, 1.82) is 0 Å². The Kier molecular flexibility index (Phi) is 7.82. The summed E-state index contributed by atoms with van der Waals surface area (Å²) in [4.78, 5) is 24.9. The van der Waals surface area contributed by atoms with E-state index in [1.165, 1.54) is 13.3 Å². The van der Waals surface area contributed by atoms with Gasteiger partial charge < -0.3 is 14.6 Å². The normalized spacial score (nSPS) is 39.3. The van der Waals surface area contributed by atoms with Crippen LogP contribution in [-0.4, -0.2) is 35.9 Å². The summed E-state index contributed by atoms with van der Waals surface area (Å²) >= 11 is 0. The van der Waals surface area contributed by atoms with Crippen LogP contribution in [0, 0.1) is 40.4 Å². The number of hydrogen-bond acceptors (Lipinski definition) is 5. The van der Waals surface area contributed by atoms with Gasteiger partial charge >= 0.3 is 11.9 Å². The molecule has 4 aliphatic rings. The number of carbonyl (C=O) groups excluding carboxylic acids is 2. The fourth-order valence-electron chi connectivity index (χ4n) is 8.32. The topological polar surface area (TPSA) is 72.8 Å². The summed E-state index contributed by atoms with van der Waals surface area (Å²) in [5.41, 5.74) is 2.13. The van der Waals surface area contributed by atoms with E-state index in [0.29, 0.717) is 30.3 Å². The zero-order valence-electron chi connectivity index (χ0n) is 23.4. The first-order chi connectivity index (χ1) is 16.9. The quantitative estimate of drug-likeness (QED) is 0.338. The summed E-state index contributed by atoms with van der Waals surface area (Å²) < 4.78 is 11.6. The molecule has 0 bridgehead atoms. The fraction of sp³-hybridized carbons (Fsp3) is 0.806. The summed E-state index contributed by atoms with van der Waals surface area (Å²) in [6.45, 7) is 13.5. The minimum absolute atomic E-state index is 0.0204. The van der Waals surface area contributed by atoms with Crippen molar-refractivity contribution in [3.05, 3.63) is 23.3 Å². The van der Waals surface area contributed by atoms with Crippen LogP contribution in [0.5, 0.6) is 0 Å². The highest BCUT2D eigenvalue weighted by molar-refractivity contribution is 5.75. The summed E-state index contributed by atoms with van der Waals surface area (Å²) in [5, 5.41) is 9.91. The number of aliphatic hydroxyl groups excluding tert-OH is 1. The third kappa shape index (κ3) is 5.47. The van der Waals surface area contributed by atoms with Crippen LogP contribution in [0.1, 0.15) is 99.3 Å². The SMILES string of the molecule is CC(=O)OC/C1=C/CC/C(CO)=C\CC(C(C)(C)CC2C(=O)OC3(C)CCC4C3C2CC4(C)C)CC1. The molecule has 0 radical (unpaired) electrons. The Morgan fingerprint density at radius 3 is 2.61 bits per heavy atom. The Bertz CT molecular complexity index is 912. The van der Waals surface area contributed by atoms with Crippen LogP contribution in [0.25, 0.3) is 0 Å². The van der Waals surface area contributed by atoms with Gasteiger partial charge in [0.2, 0.25) is 0 Å². The van der Waals surface area contributed by atoms with Crippen molar-refractivity contribution in [1.82, 2.24) is 0 Å². The zero-order chi connectivity index (χ0) is 26.3. The Labute approximate surface area is 218 Å². The summed E-state index contributed by atoms with van der Waals surface area (Å²) in [6.07, 6.45) is 13.0. The third-order valence-electron chi connectivity index (χ3n) is 10.4. The lowest BCUT2D eigenvalue weighted by molar-refractivity contribution is -0.188. The molecule has 1 heterocycles. The van der Waals surface area contributed by atoms with Crippen molar-refractivity contribution in [2.24, 2.45) is 40.4 Å². The molecule has 6 unspecified atom stereocenters. The number of hydrogen-bond donors (Lipinski definition) is 1. The van der Waals surface area contributed by atoms with Crippen LogP contribution >= 0.6 is 0 Å². The number of ether oxygens (including phenoxy) is 2. The first kappa shape index (κ1) is 27.4. The average Bonchev–Trinajstić information content (AvgIpc) is 3.29. The van der Waals surface area contributed by atoms with Crippen LogP contribution in [0.3, 0.4) is 0 Å². The lowest BCUT2D eigenvalue weighted by Crippen LogP contribution is -2.50. The van der Waals surface area contributed by atoms with E-state index in [4.69, 9.17) is 9.47 Å². The third-order valence-corrected chi connectivity index (χ3v) is 10.4. The van der Waals surface area contributed by atoms with Gasteiger partial charge in [-0.3, -0.25) is 9.59 Å². The zero-order valence-corrected chi connectivity index (χ0v) is 23.4. The number of carbonyl (C=O) groups is 2. The lowest BCUT2D eigenvalue weighted by Gasteiger charge is -2.46. The number of aliphatic hydroxyl groups is 1. The van der Waals surface area contributed by atoms with Crippen molar-refractivity contribution in [2.75, 3.05) is 13.2 Å². The minimum Gasteiger partial charge on any atom is -0.461 e. The first-order valence-corrected chi connectivity index (χ1v) is 14.2. The van der Waals surface area contributed by atoms with Gasteiger partial charge in [0.05, 0.1) is 12.5 Å². The van der Waals surface area contributed by atoms with Crippen LogP contribution < -0.4 is 0 Å². The molecule has 1 aliphatic heterocycles. The van der Waals surface area contributed by atoms with Gasteiger partial charge in [-0.25, -0.2) is 0 Å². The van der Waals surface area contributed by atoms with Crippen molar-refractivity contribution >= 4 is 11.9 Å². The average molecular weight is 501 g/mol.